The zero-order chi connectivity index (χ0) is 17.5. The highest BCUT2D eigenvalue weighted by atomic mass is 28.4. The highest BCUT2D eigenvalue weighted by Gasteiger charge is 2.45. The van der Waals surface area contributed by atoms with Gasteiger partial charge in [0.15, 0.2) is 8.32 Å². The molecule has 1 atom stereocenters. The van der Waals surface area contributed by atoms with Crippen molar-refractivity contribution < 1.29 is 14.0 Å². The summed E-state index contributed by atoms with van der Waals surface area (Å²) in [6, 6.07) is 0. The largest absolute Gasteiger partial charge is 0.466 e. The molecule has 3 nitrogen and oxygen atoms in total. The molecule has 4 heteroatoms. The van der Waals surface area contributed by atoms with Crippen molar-refractivity contribution >= 4 is 14.3 Å². The molecule has 0 aromatic heterocycles. The molecule has 0 aliphatic rings. The van der Waals surface area contributed by atoms with Gasteiger partial charge in [0.1, 0.15) is 0 Å². The summed E-state index contributed by atoms with van der Waals surface area (Å²) in [6.45, 7) is 18.4. The molecular formula is C18H36O3Si. The van der Waals surface area contributed by atoms with Gasteiger partial charge < -0.3 is 9.16 Å². The molecule has 0 amide bonds. The normalized spacial score (nSPS) is 14.8. The lowest BCUT2D eigenvalue weighted by atomic mass is 10.0. The van der Waals surface area contributed by atoms with Crippen LogP contribution >= 0.6 is 0 Å². The topological polar surface area (TPSA) is 35.5 Å². The van der Waals surface area contributed by atoms with Gasteiger partial charge in [0.25, 0.3) is 0 Å². The van der Waals surface area contributed by atoms with E-state index in [2.05, 4.69) is 48.5 Å². The minimum atomic E-state index is -1.84. The molecule has 0 spiro atoms. The maximum atomic E-state index is 11.6. The maximum Gasteiger partial charge on any atom is 0.333 e. The molecule has 0 bridgehead atoms. The van der Waals surface area contributed by atoms with E-state index in [0.29, 0.717) is 28.8 Å². The number of ether oxygens (including phenoxy) is 1. The lowest BCUT2D eigenvalue weighted by Crippen LogP contribution is -2.48. The number of carbonyl (C=O) groups excluding carboxylic acids is 1. The van der Waals surface area contributed by atoms with Gasteiger partial charge in [-0.25, -0.2) is 4.79 Å². The third-order valence-corrected chi connectivity index (χ3v) is 10.9. The van der Waals surface area contributed by atoms with Crippen LogP contribution in [0, 0.1) is 5.92 Å². The summed E-state index contributed by atoms with van der Waals surface area (Å²) < 4.78 is 11.4. The Bertz CT molecular complexity index is 351. The van der Waals surface area contributed by atoms with Crippen LogP contribution in [0.15, 0.2) is 11.6 Å². The van der Waals surface area contributed by atoms with Crippen molar-refractivity contribution in [1.29, 1.82) is 0 Å². The average molecular weight is 329 g/mol. The fourth-order valence-electron chi connectivity index (χ4n) is 3.62. The van der Waals surface area contributed by atoms with E-state index in [4.69, 9.17) is 9.16 Å². The Kier molecular flexibility index (Phi) is 9.24. The average Bonchev–Trinajstić information content (AvgIpc) is 2.44. The number of carbonyl (C=O) groups is 1. The first-order valence-electron chi connectivity index (χ1n) is 8.54. The van der Waals surface area contributed by atoms with Crippen molar-refractivity contribution in [3.05, 3.63) is 11.6 Å². The fourth-order valence-corrected chi connectivity index (χ4v) is 9.12. The van der Waals surface area contributed by atoms with Gasteiger partial charge in [0, 0.05) is 12.2 Å². The molecule has 0 unspecified atom stereocenters. The molecule has 0 aliphatic heterocycles. The van der Waals surface area contributed by atoms with Crippen molar-refractivity contribution in [2.24, 2.45) is 5.92 Å². The van der Waals surface area contributed by atoms with Crippen molar-refractivity contribution in [2.75, 3.05) is 13.7 Å². The summed E-state index contributed by atoms with van der Waals surface area (Å²) in [5, 5.41) is 0. The lowest BCUT2D eigenvalue weighted by molar-refractivity contribution is -0.136. The standard InChI is InChI=1S/C18H36O3Si/c1-10-17(11-16(8)18(19)20-9)12-21-22(13(2)3,14(4)5)15(6)7/h11,13-15,17H,10,12H2,1-9H3/b16-11-/t17-/m0/s1. The van der Waals surface area contributed by atoms with Gasteiger partial charge in [-0.2, -0.15) is 0 Å². The van der Waals surface area contributed by atoms with Crippen molar-refractivity contribution in [1.82, 2.24) is 0 Å². The molecule has 0 rings (SSSR count). The number of rotatable bonds is 9. The molecule has 0 fully saturated rings. The van der Waals surface area contributed by atoms with Crippen LogP contribution in [0.25, 0.3) is 0 Å². The van der Waals surface area contributed by atoms with E-state index in [1.54, 1.807) is 0 Å². The zero-order valence-corrected chi connectivity index (χ0v) is 17.0. The number of esters is 1. The summed E-state index contributed by atoms with van der Waals surface area (Å²) in [4.78, 5) is 11.6. The van der Waals surface area contributed by atoms with E-state index in [1.807, 2.05) is 13.0 Å². The lowest BCUT2D eigenvalue weighted by Gasteiger charge is -2.42. The molecular weight excluding hydrogens is 292 g/mol. The minimum Gasteiger partial charge on any atom is -0.466 e. The molecule has 22 heavy (non-hydrogen) atoms. The van der Waals surface area contributed by atoms with Gasteiger partial charge in [0.05, 0.1) is 7.11 Å². The summed E-state index contributed by atoms with van der Waals surface area (Å²) in [5.41, 5.74) is 2.41. The minimum absolute atomic E-state index is 0.251. The fraction of sp³-hybridized carbons (Fsp3) is 0.833. The maximum absolute atomic E-state index is 11.6. The van der Waals surface area contributed by atoms with Gasteiger partial charge >= 0.3 is 5.97 Å². The van der Waals surface area contributed by atoms with Gasteiger partial charge in [-0.15, -0.1) is 0 Å². The van der Waals surface area contributed by atoms with E-state index in [9.17, 15) is 4.79 Å². The summed E-state index contributed by atoms with van der Waals surface area (Å²) in [5.74, 6) is 0.0146. The van der Waals surface area contributed by atoms with E-state index in [-0.39, 0.29) is 11.9 Å². The van der Waals surface area contributed by atoms with Gasteiger partial charge in [-0.1, -0.05) is 54.5 Å². The van der Waals surface area contributed by atoms with Gasteiger partial charge in [0.2, 0.25) is 0 Å². The molecule has 0 saturated carbocycles. The van der Waals surface area contributed by atoms with E-state index in [0.717, 1.165) is 6.42 Å². The third-order valence-electron chi connectivity index (χ3n) is 4.77. The summed E-state index contributed by atoms with van der Waals surface area (Å²) in [6.07, 6.45) is 2.97. The Morgan fingerprint density at radius 1 is 1.05 bits per heavy atom. The molecule has 0 saturated heterocycles. The summed E-state index contributed by atoms with van der Waals surface area (Å²) >= 11 is 0. The molecule has 0 aliphatic carbocycles. The van der Waals surface area contributed by atoms with Crippen LogP contribution in [0.1, 0.15) is 61.8 Å². The van der Waals surface area contributed by atoms with Crippen LogP contribution < -0.4 is 0 Å². The quantitative estimate of drug-likeness (QED) is 0.326. The van der Waals surface area contributed by atoms with Crippen LogP contribution in [0.3, 0.4) is 0 Å². The van der Waals surface area contributed by atoms with Crippen molar-refractivity contribution in [2.45, 2.75) is 78.4 Å². The molecule has 0 radical (unpaired) electrons. The van der Waals surface area contributed by atoms with E-state index >= 15 is 0 Å². The Hall–Kier alpha value is -0.613. The van der Waals surface area contributed by atoms with Crippen LogP contribution in [-0.2, 0) is 14.0 Å². The Morgan fingerprint density at radius 2 is 1.50 bits per heavy atom. The molecule has 0 N–H and O–H groups in total. The molecule has 130 valence electrons. The SMILES string of the molecule is CC[C@@H](/C=C(/C)C(=O)OC)CO[Si](C(C)C)(C(C)C)C(C)C. The van der Waals surface area contributed by atoms with Crippen molar-refractivity contribution in [3.63, 3.8) is 0 Å². The number of hydrogen-bond donors (Lipinski definition) is 0. The van der Waals surface area contributed by atoms with E-state index < -0.39 is 8.32 Å². The second kappa shape index (κ2) is 9.51. The second-order valence-corrected chi connectivity index (χ2v) is 12.6. The monoisotopic (exact) mass is 328 g/mol. The molecule has 0 aromatic rings. The molecule has 0 aromatic carbocycles. The van der Waals surface area contributed by atoms with Crippen LogP contribution in [0.5, 0.6) is 0 Å². The van der Waals surface area contributed by atoms with Crippen LogP contribution in [0.2, 0.25) is 16.6 Å². The van der Waals surface area contributed by atoms with Gasteiger partial charge in [-0.3, -0.25) is 0 Å². The number of hydrogen-bond acceptors (Lipinski definition) is 3. The first-order valence-corrected chi connectivity index (χ1v) is 10.7. The third kappa shape index (κ3) is 5.23. The Balaban J connectivity index is 5.14. The molecule has 0 heterocycles. The smallest absolute Gasteiger partial charge is 0.333 e. The van der Waals surface area contributed by atoms with Crippen molar-refractivity contribution in [3.8, 4) is 0 Å². The first kappa shape index (κ1) is 21.4. The highest BCUT2D eigenvalue weighted by Crippen LogP contribution is 2.42. The van der Waals surface area contributed by atoms with Crippen LogP contribution in [-0.4, -0.2) is 28.0 Å². The number of methoxy groups -OCH3 is 1. The summed E-state index contributed by atoms with van der Waals surface area (Å²) in [7, 11) is -0.417. The van der Waals surface area contributed by atoms with Crippen LogP contribution in [0.4, 0.5) is 0 Å². The second-order valence-electron chi connectivity index (χ2n) is 7.14. The predicted molar refractivity (Wildman–Crippen MR) is 96.6 cm³/mol. The highest BCUT2D eigenvalue weighted by molar-refractivity contribution is 6.77. The predicted octanol–water partition coefficient (Wildman–Crippen LogP) is 5.32. The zero-order valence-electron chi connectivity index (χ0n) is 16.0. The van der Waals surface area contributed by atoms with E-state index in [1.165, 1.54) is 7.11 Å². The Morgan fingerprint density at radius 3 is 1.82 bits per heavy atom. The Labute approximate surface area is 138 Å². The first-order chi connectivity index (χ1) is 10.1. The van der Waals surface area contributed by atoms with Gasteiger partial charge in [-0.05, 0) is 35.9 Å².